The first-order valence-electron chi connectivity index (χ1n) is 4.79. The molecule has 0 aromatic carbocycles. The van der Waals surface area contributed by atoms with Gasteiger partial charge >= 0.3 is 5.97 Å². The number of hydrogen-bond donors (Lipinski definition) is 1. The van der Waals surface area contributed by atoms with Gasteiger partial charge in [-0.1, -0.05) is 0 Å². The molecule has 0 aliphatic carbocycles. The second-order valence-corrected chi connectivity index (χ2v) is 5.30. The van der Waals surface area contributed by atoms with Crippen LogP contribution in [-0.2, 0) is 11.3 Å². The maximum Gasteiger partial charge on any atom is 0.317 e. The summed E-state index contributed by atoms with van der Waals surface area (Å²) < 4.78 is 6.87. The molecule has 0 radical (unpaired) electrons. The van der Waals surface area contributed by atoms with Crippen LogP contribution in [0.15, 0.2) is 19.6 Å². The van der Waals surface area contributed by atoms with Crippen molar-refractivity contribution in [2.75, 3.05) is 6.54 Å². The topological polar surface area (TPSA) is 53.7 Å². The van der Waals surface area contributed by atoms with Crippen molar-refractivity contribution < 1.29 is 14.3 Å². The summed E-state index contributed by atoms with van der Waals surface area (Å²) in [6, 6.07) is 1.99. The Labute approximate surface area is 111 Å². The summed E-state index contributed by atoms with van der Waals surface area (Å²) in [7, 11) is 0. The molecule has 0 amide bonds. The molecule has 1 N–H and O–H groups in total. The van der Waals surface area contributed by atoms with E-state index in [0.717, 1.165) is 10.2 Å². The van der Waals surface area contributed by atoms with Crippen LogP contribution in [0, 0.1) is 0 Å². The Morgan fingerprint density at radius 2 is 2.19 bits per heavy atom. The monoisotopic (exact) mass is 353 g/mol. The zero-order chi connectivity index (χ0) is 12.3. The number of halogens is 2. The van der Waals surface area contributed by atoms with E-state index in [0.29, 0.717) is 11.2 Å². The smallest absolute Gasteiger partial charge is 0.317 e. The van der Waals surface area contributed by atoms with Crippen LogP contribution in [0.25, 0.3) is 0 Å². The molecule has 0 saturated carbocycles. The Morgan fingerprint density at radius 1 is 1.56 bits per heavy atom. The highest BCUT2D eigenvalue weighted by Gasteiger charge is 2.16. The number of aliphatic carboxylic acids is 1. The lowest BCUT2D eigenvalue weighted by atomic mass is 10.3. The third-order valence-electron chi connectivity index (χ3n) is 2.12. The van der Waals surface area contributed by atoms with E-state index in [-0.39, 0.29) is 12.6 Å². The van der Waals surface area contributed by atoms with E-state index in [1.165, 1.54) is 0 Å². The van der Waals surface area contributed by atoms with Gasteiger partial charge in [0.2, 0.25) is 0 Å². The van der Waals surface area contributed by atoms with Crippen LogP contribution >= 0.6 is 31.9 Å². The fourth-order valence-electron chi connectivity index (χ4n) is 1.26. The zero-order valence-electron chi connectivity index (χ0n) is 9.04. The highest BCUT2D eigenvalue weighted by atomic mass is 79.9. The number of carboxylic acid groups (broad SMARTS) is 1. The number of hydrogen-bond acceptors (Lipinski definition) is 3. The molecule has 4 nitrogen and oxygen atoms in total. The van der Waals surface area contributed by atoms with Gasteiger partial charge in [-0.3, -0.25) is 9.69 Å². The Kier molecular flexibility index (Phi) is 5.01. The third kappa shape index (κ3) is 3.92. The van der Waals surface area contributed by atoms with Crippen molar-refractivity contribution in [1.29, 1.82) is 0 Å². The third-order valence-corrected chi connectivity index (χ3v) is 3.83. The van der Waals surface area contributed by atoms with Gasteiger partial charge < -0.3 is 9.52 Å². The largest absolute Gasteiger partial charge is 0.480 e. The van der Waals surface area contributed by atoms with Crippen molar-refractivity contribution in [1.82, 2.24) is 4.90 Å². The van der Waals surface area contributed by atoms with Gasteiger partial charge in [-0.15, -0.1) is 0 Å². The molecule has 0 fully saturated rings. The zero-order valence-corrected chi connectivity index (χ0v) is 12.2. The first-order valence-corrected chi connectivity index (χ1v) is 6.38. The summed E-state index contributed by atoms with van der Waals surface area (Å²) >= 11 is 6.56. The fraction of sp³-hybridized carbons (Fsp3) is 0.500. The molecule has 0 aliphatic rings. The lowest BCUT2D eigenvalue weighted by molar-refractivity contribution is -0.139. The molecule has 0 saturated heterocycles. The maximum atomic E-state index is 10.7. The summed E-state index contributed by atoms with van der Waals surface area (Å²) in [4.78, 5) is 12.5. The SMILES string of the molecule is CC(C)N(CC(=O)O)Cc1cc(Br)c(Br)o1. The Bertz CT molecular complexity index is 357. The van der Waals surface area contributed by atoms with E-state index in [9.17, 15) is 4.79 Å². The molecule has 1 rings (SSSR count). The van der Waals surface area contributed by atoms with Crippen molar-refractivity contribution in [3.8, 4) is 0 Å². The van der Waals surface area contributed by atoms with Crippen LogP contribution in [0.3, 0.4) is 0 Å². The fourth-order valence-corrected chi connectivity index (χ4v) is 1.92. The molecule has 0 aliphatic heterocycles. The average molecular weight is 355 g/mol. The van der Waals surface area contributed by atoms with Crippen LogP contribution in [0.2, 0.25) is 0 Å². The molecule has 1 aromatic heterocycles. The number of furan rings is 1. The molecular formula is C10H13Br2NO3. The van der Waals surface area contributed by atoms with Crippen LogP contribution < -0.4 is 0 Å². The van der Waals surface area contributed by atoms with Crippen molar-refractivity contribution in [3.05, 3.63) is 21.0 Å². The minimum Gasteiger partial charge on any atom is -0.480 e. The lowest BCUT2D eigenvalue weighted by Gasteiger charge is -2.23. The Hall–Kier alpha value is -0.330. The normalized spacial score (nSPS) is 11.4. The summed E-state index contributed by atoms with van der Waals surface area (Å²) in [6.07, 6.45) is 0. The van der Waals surface area contributed by atoms with Crippen molar-refractivity contribution >= 4 is 37.8 Å². The van der Waals surface area contributed by atoms with Crippen molar-refractivity contribution in [3.63, 3.8) is 0 Å². The number of rotatable bonds is 5. The first kappa shape index (κ1) is 13.7. The number of nitrogens with zero attached hydrogens (tertiary/aromatic N) is 1. The minimum absolute atomic E-state index is 0.00754. The van der Waals surface area contributed by atoms with Crippen LogP contribution in [-0.4, -0.2) is 28.6 Å². The molecule has 0 atom stereocenters. The Morgan fingerprint density at radius 3 is 2.56 bits per heavy atom. The average Bonchev–Trinajstić information content (AvgIpc) is 2.44. The van der Waals surface area contributed by atoms with E-state index >= 15 is 0 Å². The van der Waals surface area contributed by atoms with E-state index in [1.807, 2.05) is 24.8 Å². The molecule has 0 unspecified atom stereocenters. The van der Waals surface area contributed by atoms with Crippen LogP contribution in [0.1, 0.15) is 19.6 Å². The van der Waals surface area contributed by atoms with E-state index in [4.69, 9.17) is 9.52 Å². The van der Waals surface area contributed by atoms with Gasteiger partial charge in [-0.05, 0) is 51.8 Å². The maximum absolute atomic E-state index is 10.7. The van der Waals surface area contributed by atoms with Gasteiger partial charge in [0.25, 0.3) is 0 Å². The first-order chi connectivity index (χ1) is 7.40. The number of carboxylic acids is 1. The molecule has 6 heteroatoms. The van der Waals surface area contributed by atoms with Gasteiger partial charge in [-0.25, -0.2) is 0 Å². The van der Waals surface area contributed by atoms with E-state index < -0.39 is 5.97 Å². The summed E-state index contributed by atoms with van der Waals surface area (Å²) in [5.41, 5.74) is 0. The predicted octanol–water partition coefficient (Wildman–Crippen LogP) is 3.10. The van der Waals surface area contributed by atoms with Gasteiger partial charge in [-0.2, -0.15) is 0 Å². The second-order valence-electron chi connectivity index (χ2n) is 3.73. The van der Waals surface area contributed by atoms with E-state index in [1.54, 1.807) is 0 Å². The predicted molar refractivity (Wildman–Crippen MR) is 67.3 cm³/mol. The standard InChI is InChI=1S/C10H13Br2NO3/c1-6(2)13(5-9(14)15)4-7-3-8(11)10(12)16-7/h3,6H,4-5H2,1-2H3,(H,14,15). The van der Waals surface area contributed by atoms with Crippen LogP contribution in [0.4, 0.5) is 0 Å². The highest BCUT2D eigenvalue weighted by molar-refractivity contribution is 9.13. The van der Waals surface area contributed by atoms with Gasteiger partial charge in [0.05, 0.1) is 17.6 Å². The van der Waals surface area contributed by atoms with E-state index in [2.05, 4.69) is 31.9 Å². The molecule has 16 heavy (non-hydrogen) atoms. The number of carbonyl (C=O) groups is 1. The molecule has 1 heterocycles. The quantitative estimate of drug-likeness (QED) is 0.882. The summed E-state index contributed by atoms with van der Waals surface area (Å²) in [5, 5.41) is 8.78. The van der Waals surface area contributed by atoms with Gasteiger partial charge in [0, 0.05) is 6.04 Å². The summed E-state index contributed by atoms with van der Waals surface area (Å²) in [5.74, 6) is -0.105. The molecular weight excluding hydrogens is 342 g/mol. The molecule has 0 bridgehead atoms. The van der Waals surface area contributed by atoms with Gasteiger partial charge in [0.1, 0.15) is 5.76 Å². The van der Waals surface area contributed by atoms with Crippen molar-refractivity contribution in [2.24, 2.45) is 0 Å². The Balaban J connectivity index is 2.71. The van der Waals surface area contributed by atoms with Gasteiger partial charge in [0.15, 0.2) is 4.67 Å². The lowest BCUT2D eigenvalue weighted by Crippen LogP contribution is -2.34. The minimum atomic E-state index is -0.835. The molecule has 1 aromatic rings. The van der Waals surface area contributed by atoms with Crippen LogP contribution in [0.5, 0.6) is 0 Å². The molecule has 0 spiro atoms. The second kappa shape index (κ2) is 5.84. The molecule has 90 valence electrons. The summed E-state index contributed by atoms with van der Waals surface area (Å²) in [6.45, 7) is 4.40. The van der Waals surface area contributed by atoms with Crippen molar-refractivity contribution in [2.45, 2.75) is 26.4 Å². The highest BCUT2D eigenvalue weighted by Crippen LogP contribution is 2.27.